The van der Waals surface area contributed by atoms with Gasteiger partial charge in [0.1, 0.15) is 0 Å². The van der Waals surface area contributed by atoms with Crippen molar-refractivity contribution in [3.05, 3.63) is 0 Å². The van der Waals surface area contributed by atoms with E-state index in [2.05, 4.69) is 13.8 Å². The van der Waals surface area contributed by atoms with E-state index < -0.39 is 0 Å². The Morgan fingerprint density at radius 3 is 2.75 bits per heavy atom. The maximum atomic E-state index is 8.76. The van der Waals surface area contributed by atoms with Gasteiger partial charge in [0.25, 0.3) is 0 Å². The third-order valence-corrected chi connectivity index (χ3v) is 2.58. The van der Waals surface area contributed by atoms with Crippen LogP contribution in [0.25, 0.3) is 0 Å². The van der Waals surface area contributed by atoms with Crippen molar-refractivity contribution in [2.24, 2.45) is 5.92 Å². The lowest BCUT2D eigenvalue weighted by molar-refractivity contribution is -0.0778. The minimum atomic E-state index is 0.259. The first-order valence-electron chi connectivity index (χ1n) is 5.00. The van der Waals surface area contributed by atoms with Crippen molar-refractivity contribution < 1.29 is 9.84 Å². The largest absolute Gasteiger partial charge is 0.396 e. The Morgan fingerprint density at radius 1 is 1.42 bits per heavy atom. The van der Waals surface area contributed by atoms with Crippen LogP contribution in [0, 0.1) is 5.92 Å². The summed E-state index contributed by atoms with van der Waals surface area (Å²) in [7, 11) is 0. The minimum Gasteiger partial charge on any atom is -0.396 e. The Labute approximate surface area is 74.9 Å². The molecule has 0 bridgehead atoms. The standard InChI is InChI=1S/C10H20O2/c1-8(2)10-5-3-4-9(12-10)6-7-11/h8-11H,3-7H2,1-2H3/t9-,10+/m1/s1. The predicted octanol–water partition coefficient (Wildman–Crippen LogP) is 1.96. The Balaban J connectivity index is 2.30. The van der Waals surface area contributed by atoms with Gasteiger partial charge in [-0.25, -0.2) is 0 Å². The van der Waals surface area contributed by atoms with Crippen LogP contribution in [-0.4, -0.2) is 23.9 Å². The number of rotatable bonds is 3. The highest BCUT2D eigenvalue weighted by Gasteiger charge is 2.23. The highest BCUT2D eigenvalue weighted by atomic mass is 16.5. The Bertz CT molecular complexity index is 121. The number of ether oxygens (including phenoxy) is 1. The first-order chi connectivity index (χ1) is 5.74. The summed E-state index contributed by atoms with van der Waals surface area (Å²) in [6.45, 7) is 4.66. The summed E-state index contributed by atoms with van der Waals surface area (Å²) in [5.74, 6) is 0.617. The molecule has 0 aromatic heterocycles. The fourth-order valence-electron chi connectivity index (χ4n) is 1.78. The van der Waals surface area contributed by atoms with Gasteiger partial charge in [0, 0.05) is 6.61 Å². The highest BCUT2D eigenvalue weighted by molar-refractivity contribution is 4.72. The molecule has 0 amide bonds. The summed E-state index contributed by atoms with van der Waals surface area (Å²) < 4.78 is 5.83. The molecule has 0 aromatic rings. The molecule has 1 fully saturated rings. The molecule has 0 saturated carbocycles. The van der Waals surface area contributed by atoms with E-state index in [1.807, 2.05) is 0 Å². The van der Waals surface area contributed by atoms with Gasteiger partial charge in [-0.15, -0.1) is 0 Å². The van der Waals surface area contributed by atoms with E-state index in [0.717, 1.165) is 12.8 Å². The molecule has 1 rings (SSSR count). The molecule has 0 aliphatic carbocycles. The molecule has 2 heteroatoms. The molecule has 0 aromatic carbocycles. The van der Waals surface area contributed by atoms with Gasteiger partial charge >= 0.3 is 0 Å². The molecule has 0 spiro atoms. The van der Waals surface area contributed by atoms with Gasteiger partial charge in [-0.1, -0.05) is 13.8 Å². The number of hydrogen-bond donors (Lipinski definition) is 1. The van der Waals surface area contributed by atoms with Crippen molar-refractivity contribution in [1.29, 1.82) is 0 Å². The predicted molar refractivity (Wildman–Crippen MR) is 49.1 cm³/mol. The van der Waals surface area contributed by atoms with Crippen LogP contribution in [0.3, 0.4) is 0 Å². The molecule has 2 atom stereocenters. The molecule has 1 aliphatic rings. The topological polar surface area (TPSA) is 29.5 Å². The zero-order chi connectivity index (χ0) is 8.97. The SMILES string of the molecule is CC(C)[C@@H]1CCC[C@H](CCO)O1. The second kappa shape index (κ2) is 4.83. The van der Waals surface area contributed by atoms with Gasteiger partial charge in [-0.2, -0.15) is 0 Å². The molecular weight excluding hydrogens is 152 g/mol. The second-order valence-corrected chi connectivity index (χ2v) is 3.98. The maximum absolute atomic E-state index is 8.76. The smallest absolute Gasteiger partial charge is 0.0601 e. The third-order valence-electron chi connectivity index (χ3n) is 2.58. The summed E-state index contributed by atoms with van der Waals surface area (Å²) in [6, 6.07) is 0. The lowest BCUT2D eigenvalue weighted by Crippen LogP contribution is -2.31. The lowest BCUT2D eigenvalue weighted by atomic mass is 9.95. The third kappa shape index (κ3) is 2.76. The Kier molecular flexibility index (Phi) is 4.02. The Hall–Kier alpha value is -0.0800. The van der Waals surface area contributed by atoms with E-state index in [0.29, 0.717) is 18.1 Å². The molecule has 1 aliphatic heterocycles. The summed E-state index contributed by atoms with van der Waals surface area (Å²) in [5, 5.41) is 8.76. The number of aliphatic hydroxyl groups is 1. The minimum absolute atomic E-state index is 0.259. The first-order valence-corrected chi connectivity index (χ1v) is 5.00. The molecule has 72 valence electrons. The fraction of sp³-hybridized carbons (Fsp3) is 1.00. The van der Waals surface area contributed by atoms with Crippen LogP contribution < -0.4 is 0 Å². The first kappa shape index (κ1) is 10.0. The quantitative estimate of drug-likeness (QED) is 0.705. The van der Waals surface area contributed by atoms with Crippen molar-refractivity contribution in [3.8, 4) is 0 Å². The number of aliphatic hydroxyl groups excluding tert-OH is 1. The summed E-state index contributed by atoms with van der Waals surface area (Å²) in [5.41, 5.74) is 0. The number of hydrogen-bond acceptors (Lipinski definition) is 2. The zero-order valence-corrected chi connectivity index (χ0v) is 8.12. The van der Waals surface area contributed by atoms with E-state index in [1.54, 1.807) is 0 Å². The summed E-state index contributed by atoms with van der Waals surface area (Å²) >= 11 is 0. The van der Waals surface area contributed by atoms with Crippen molar-refractivity contribution in [1.82, 2.24) is 0 Å². The van der Waals surface area contributed by atoms with Crippen LogP contribution in [0.5, 0.6) is 0 Å². The zero-order valence-electron chi connectivity index (χ0n) is 8.12. The van der Waals surface area contributed by atoms with Crippen LogP contribution >= 0.6 is 0 Å². The molecule has 12 heavy (non-hydrogen) atoms. The van der Waals surface area contributed by atoms with Crippen molar-refractivity contribution in [2.75, 3.05) is 6.61 Å². The highest BCUT2D eigenvalue weighted by Crippen LogP contribution is 2.25. The van der Waals surface area contributed by atoms with Gasteiger partial charge < -0.3 is 9.84 Å². The molecule has 2 nitrogen and oxygen atoms in total. The van der Waals surface area contributed by atoms with Crippen LogP contribution in [0.4, 0.5) is 0 Å². The lowest BCUT2D eigenvalue weighted by Gasteiger charge is -2.32. The van der Waals surface area contributed by atoms with Gasteiger partial charge in [0.2, 0.25) is 0 Å². The van der Waals surface area contributed by atoms with Crippen molar-refractivity contribution >= 4 is 0 Å². The fourth-order valence-corrected chi connectivity index (χ4v) is 1.78. The molecule has 1 heterocycles. The second-order valence-electron chi connectivity index (χ2n) is 3.98. The van der Waals surface area contributed by atoms with Crippen LogP contribution in [0.2, 0.25) is 0 Å². The van der Waals surface area contributed by atoms with E-state index in [9.17, 15) is 0 Å². The van der Waals surface area contributed by atoms with Crippen LogP contribution in [-0.2, 0) is 4.74 Å². The van der Waals surface area contributed by atoms with Gasteiger partial charge in [-0.05, 0) is 31.6 Å². The normalized spacial score (nSPS) is 31.0. The van der Waals surface area contributed by atoms with Crippen LogP contribution in [0.15, 0.2) is 0 Å². The maximum Gasteiger partial charge on any atom is 0.0601 e. The molecule has 1 N–H and O–H groups in total. The molecular formula is C10H20O2. The molecule has 1 saturated heterocycles. The molecule has 0 unspecified atom stereocenters. The summed E-state index contributed by atoms with van der Waals surface area (Å²) in [4.78, 5) is 0. The molecule has 0 radical (unpaired) electrons. The van der Waals surface area contributed by atoms with Gasteiger partial charge in [0.15, 0.2) is 0 Å². The van der Waals surface area contributed by atoms with Crippen LogP contribution in [0.1, 0.15) is 39.5 Å². The van der Waals surface area contributed by atoms with E-state index in [4.69, 9.17) is 9.84 Å². The Morgan fingerprint density at radius 2 is 2.17 bits per heavy atom. The average molecular weight is 172 g/mol. The monoisotopic (exact) mass is 172 g/mol. The summed E-state index contributed by atoms with van der Waals surface area (Å²) in [6.07, 6.45) is 5.13. The van der Waals surface area contributed by atoms with E-state index in [1.165, 1.54) is 12.8 Å². The van der Waals surface area contributed by atoms with Crippen molar-refractivity contribution in [2.45, 2.75) is 51.7 Å². The van der Waals surface area contributed by atoms with E-state index >= 15 is 0 Å². The van der Waals surface area contributed by atoms with E-state index in [-0.39, 0.29) is 6.61 Å². The van der Waals surface area contributed by atoms with Gasteiger partial charge in [0.05, 0.1) is 12.2 Å². The van der Waals surface area contributed by atoms with Gasteiger partial charge in [-0.3, -0.25) is 0 Å². The van der Waals surface area contributed by atoms with Crippen molar-refractivity contribution in [3.63, 3.8) is 0 Å². The average Bonchev–Trinajstić information content (AvgIpc) is 2.05.